The van der Waals surface area contributed by atoms with Crippen LogP contribution in [0.25, 0.3) is 0 Å². The summed E-state index contributed by atoms with van der Waals surface area (Å²) in [6.07, 6.45) is 0.725. The molecule has 1 heterocycles. The first-order chi connectivity index (χ1) is 14.3. The zero-order chi connectivity index (χ0) is 21.7. The van der Waals surface area contributed by atoms with E-state index in [0.717, 1.165) is 56.0 Å². The molecule has 2 aromatic rings. The molecule has 3 rings (SSSR count). The number of methoxy groups -OCH3 is 1. The van der Waals surface area contributed by atoms with Crippen LogP contribution >= 0.6 is 0 Å². The van der Waals surface area contributed by atoms with Crippen molar-refractivity contribution < 1.29 is 17.5 Å². The van der Waals surface area contributed by atoms with Crippen molar-refractivity contribution in [3.8, 4) is 5.75 Å². The van der Waals surface area contributed by atoms with Crippen molar-refractivity contribution in [2.24, 2.45) is 0 Å². The van der Waals surface area contributed by atoms with E-state index in [0.29, 0.717) is 12.3 Å². The highest BCUT2D eigenvalue weighted by Gasteiger charge is 2.21. The number of nitrogens with one attached hydrogen (secondary N) is 1. The highest BCUT2D eigenvalue weighted by molar-refractivity contribution is 7.89. The van der Waals surface area contributed by atoms with E-state index in [4.69, 9.17) is 4.74 Å². The van der Waals surface area contributed by atoms with Gasteiger partial charge in [-0.15, -0.1) is 0 Å². The van der Waals surface area contributed by atoms with Crippen molar-refractivity contribution in [2.45, 2.75) is 25.2 Å². The molecule has 1 saturated heterocycles. The lowest BCUT2D eigenvalue weighted by Gasteiger charge is -2.36. The Morgan fingerprint density at radius 2 is 1.67 bits per heavy atom. The van der Waals surface area contributed by atoms with Gasteiger partial charge >= 0.3 is 0 Å². The molecule has 0 bridgehead atoms. The number of sulfonamides is 1. The van der Waals surface area contributed by atoms with Gasteiger partial charge in [0.2, 0.25) is 10.0 Å². The molecule has 0 atom stereocenters. The molecule has 0 aromatic heterocycles. The van der Waals surface area contributed by atoms with Gasteiger partial charge in [-0.25, -0.2) is 17.5 Å². The molecule has 1 N–H and O–H groups in total. The van der Waals surface area contributed by atoms with Gasteiger partial charge in [0.15, 0.2) is 0 Å². The minimum absolute atomic E-state index is 0.181. The quantitative estimate of drug-likeness (QED) is 0.646. The molecule has 0 aliphatic carbocycles. The lowest BCUT2D eigenvalue weighted by molar-refractivity contribution is 0.255. The fourth-order valence-electron chi connectivity index (χ4n) is 3.60. The molecule has 2 aromatic carbocycles. The Kier molecular flexibility index (Phi) is 7.33. The normalized spacial score (nSPS) is 15.4. The van der Waals surface area contributed by atoms with Crippen molar-refractivity contribution in [1.82, 2.24) is 9.62 Å². The number of benzene rings is 2. The molecule has 0 radical (unpaired) electrons. The summed E-state index contributed by atoms with van der Waals surface area (Å²) in [5, 5.41) is 0. The molecule has 164 valence electrons. The van der Waals surface area contributed by atoms with Gasteiger partial charge in [0.1, 0.15) is 16.5 Å². The smallest absolute Gasteiger partial charge is 0.244 e. The number of rotatable bonds is 8. The summed E-state index contributed by atoms with van der Waals surface area (Å²) in [5.74, 6) is 0.140. The molecule has 1 aliphatic heterocycles. The van der Waals surface area contributed by atoms with Crippen LogP contribution in [0.3, 0.4) is 0 Å². The third-order valence-corrected chi connectivity index (χ3v) is 7.06. The van der Waals surface area contributed by atoms with Crippen molar-refractivity contribution in [2.75, 3.05) is 51.3 Å². The Labute approximate surface area is 178 Å². The summed E-state index contributed by atoms with van der Waals surface area (Å²) in [5.41, 5.74) is 2.94. The summed E-state index contributed by atoms with van der Waals surface area (Å²) < 4.78 is 46.5. The number of hydrogen-bond donors (Lipinski definition) is 1. The average Bonchev–Trinajstić information content (AvgIpc) is 2.74. The first kappa shape index (κ1) is 22.5. The molecule has 8 heteroatoms. The van der Waals surface area contributed by atoms with E-state index in [1.54, 1.807) is 24.3 Å². The first-order valence-corrected chi connectivity index (χ1v) is 11.7. The van der Waals surface area contributed by atoms with Crippen LogP contribution in [-0.4, -0.2) is 59.7 Å². The fraction of sp³-hybridized carbons (Fsp3) is 0.455. The number of nitrogens with zero attached hydrogens (tertiary/aromatic N) is 2. The van der Waals surface area contributed by atoms with E-state index in [1.807, 2.05) is 13.8 Å². The van der Waals surface area contributed by atoms with E-state index in [1.165, 1.54) is 19.2 Å². The predicted molar refractivity (Wildman–Crippen MR) is 117 cm³/mol. The molecule has 0 spiro atoms. The van der Waals surface area contributed by atoms with Crippen LogP contribution < -0.4 is 14.4 Å². The van der Waals surface area contributed by atoms with E-state index >= 15 is 0 Å². The van der Waals surface area contributed by atoms with Crippen molar-refractivity contribution in [3.05, 3.63) is 53.3 Å². The summed E-state index contributed by atoms with van der Waals surface area (Å²) >= 11 is 0. The minimum Gasteiger partial charge on any atom is -0.495 e. The van der Waals surface area contributed by atoms with Gasteiger partial charge in [-0.3, -0.25) is 4.90 Å². The van der Waals surface area contributed by atoms with Gasteiger partial charge in [0.05, 0.1) is 7.11 Å². The second-order valence-corrected chi connectivity index (χ2v) is 9.38. The standard InChI is InChI=1S/C22H30FN3O3S/c1-17-15-21(29-3)22(16-18(17)2)30(27,28)24-9-4-10-25-11-13-26(14-12-25)20-7-5-19(23)6-8-20/h5-8,15-16,24H,4,9-14H2,1-3H3. The molecule has 1 fully saturated rings. The minimum atomic E-state index is -3.63. The molecule has 0 saturated carbocycles. The van der Waals surface area contributed by atoms with Gasteiger partial charge in [0, 0.05) is 38.4 Å². The van der Waals surface area contributed by atoms with Crippen LogP contribution in [0.4, 0.5) is 10.1 Å². The van der Waals surface area contributed by atoms with Crippen LogP contribution in [0.1, 0.15) is 17.5 Å². The zero-order valence-corrected chi connectivity index (χ0v) is 18.6. The summed E-state index contributed by atoms with van der Waals surface area (Å²) in [7, 11) is -2.15. The van der Waals surface area contributed by atoms with Gasteiger partial charge in [-0.2, -0.15) is 0 Å². The van der Waals surface area contributed by atoms with E-state index in [2.05, 4.69) is 14.5 Å². The second-order valence-electron chi connectivity index (χ2n) is 7.64. The Morgan fingerprint density at radius 3 is 2.30 bits per heavy atom. The number of aryl methyl sites for hydroxylation is 2. The van der Waals surface area contributed by atoms with E-state index < -0.39 is 10.0 Å². The van der Waals surface area contributed by atoms with Crippen LogP contribution in [0.2, 0.25) is 0 Å². The topological polar surface area (TPSA) is 61.9 Å². The predicted octanol–water partition coefficient (Wildman–Crippen LogP) is 2.94. The molecular weight excluding hydrogens is 405 g/mol. The summed E-state index contributed by atoms with van der Waals surface area (Å²) in [6, 6.07) is 9.99. The number of hydrogen-bond acceptors (Lipinski definition) is 5. The van der Waals surface area contributed by atoms with E-state index in [9.17, 15) is 12.8 Å². The molecule has 6 nitrogen and oxygen atoms in total. The average molecular weight is 436 g/mol. The molecule has 0 unspecified atom stereocenters. The van der Waals surface area contributed by atoms with Gasteiger partial charge in [0.25, 0.3) is 0 Å². The van der Waals surface area contributed by atoms with Crippen LogP contribution in [-0.2, 0) is 10.0 Å². The lowest BCUT2D eigenvalue weighted by Crippen LogP contribution is -2.47. The third-order valence-electron chi connectivity index (χ3n) is 5.58. The molecule has 30 heavy (non-hydrogen) atoms. The second kappa shape index (κ2) is 9.76. The van der Waals surface area contributed by atoms with Gasteiger partial charge in [-0.1, -0.05) is 0 Å². The summed E-state index contributed by atoms with van der Waals surface area (Å²) in [4.78, 5) is 4.75. The largest absolute Gasteiger partial charge is 0.495 e. The van der Waals surface area contributed by atoms with Crippen LogP contribution in [0, 0.1) is 19.7 Å². The Morgan fingerprint density at radius 1 is 1.03 bits per heavy atom. The highest BCUT2D eigenvalue weighted by Crippen LogP contribution is 2.27. The monoisotopic (exact) mass is 435 g/mol. The number of halogens is 1. The van der Waals surface area contributed by atoms with Crippen molar-refractivity contribution >= 4 is 15.7 Å². The number of ether oxygens (including phenoxy) is 1. The Hall–Kier alpha value is -2.16. The number of anilines is 1. The highest BCUT2D eigenvalue weighted by atomic mass is 32.2. The summed E-state index contributed by atoms with van der Waals surface area (Å²) in [6.45, 7) is 8.55. The fourth-order valence-corrected chi connectivity index (χ4v) is 4.91. The molecule has 0 amide bonds. The molecule has 1 aliphatic rings. The third kappa shape index (κ3) is 5.50. The van der Waals surface area contributed by atoms with Gasteiger partial charge in [-0.05, 0) is 74.3 Å². The first-order valence-electron chi connectivity index (χ1n) is 10.2. The Bertz CT molecular complexity index is 956. The van der Waals surface area contributed by atoms with Gasteiger partial charge < -0.3 is 9.64 Å². The maximum absolute atomic E-state index is 13.1. The number of piperazine rings is 1. The Balaban J connectivity index is 1.46. The van der Waals surface area contributed by atoms with E-state index in [-0.39, 0.29) is 10.7 Å². The SMILES string of the molecule is COc1cc(C)c(C)cc1S(=O)(=O)NCCCN1CCN(c2ccc(F)cc2)CC1. The lowest BCUT2D eigenvalue weighted by atomic mass is 10.1. The van der Waals surface area contributed by atoms with Crippen molar-refractivity contribution in [3.63, 3.8) is 0 Å². The maximum atomic E-state index is 13.1. The van der Waals surface area contributed by atoms with Crippen molar-refractivity contribution in [1.29, 1.82) is 0 Å². The van der Waals surface area contributed by atoms with Crippen LogP contribution in [0.5, 0.6) is 5.75 Å². The maximum Gasteiger partial charge on any atom is 0.244 e. The van der Waals surface area contributed by atoms with Crippen LogP contribution in [0.15, 0.2) is 41.3 Å². The molecular formula is C22H30FN3O3S. The zero-order valence-electron chi connectivity index (χ0n) is 17.8.